The van der Waals surface area contributed by atoms with Crippen molar-refractivity contribution in [2.75, 3.05) is 19.0 Å². The Labute approximate surface area is 130 Å². The van der Waals surface area contributed by atoms with Crippen LogP contribution in [0.3, 0.4) is 0 Å². The van der Waals surface area contributed by atoms with Crippen molar-refractivity contribution < 1.29 is 0 Å². The highest BCUT2D eigenvalue weighted by Crippen LogP contribution is 2.25. The highest BCUT2D eigenvalue weighted by Gasteiger charge is 2.07. The van der Waals surface area contributed by atoms with Gasteiger partial charge in [0.05, 0.1) is 0 Å². The summed E-state index contributed by atoms with van der Waals surface area (Å²) in [6, 6.07) is 16.9. The van der Waals surface area contributed by atoms with Crippen LogP contribution in [0.4, 0.5) is 5.69 Å². The molecule has 3 heteroatoms. The number of benzene rings is 2. The van der Waals surface area contributed by atoms with Crippen molar-refractivity contribution in [1.82, 2.24) is 4.57 Å². The zero-order valence-corrected chi connectivity index (χ0v) is 13.4. The van der Waals surface area contributed by atoms with E-state index < -0.39 is 0 Å². The van der Waals surface area contributed by atoms with Crippen molar-refractivity contribution in [3.05, 3.63) is 64.8 Å². The van der Waals surface area contributed by atoms with Gasteiger partial charge in [-0.3, -0.25) is 0 Å². The lowest BCUT2D eigenvalue weighted by Gasteiger charge is -2.13. The SMILES string of the molecule is Cc1cc2cc(N(C)C)ccc2n1Cc1ccc(Cl)cc1. The molecule has 0 saturated carbocycles. The van der Waals surface area contributed by atoms with Crippen LogP contribution in [-0.2, 0) is 6.54 Å². The molecule has 0 fully saturated rings. The van der Waals surface area contributed by atoms with Gasteiger partial charge in [-0.05, 0) is 48.9 Å². The summed E-state index contributed by atoms with van der Waals surface area (Å²) >= 11 is 5.96. The van der Waals surface area contributed by atoms with E-state index in [1.807, 2.05) is 12.1 Å². The van der Waals surface area contributed by atoms with E-state index in [-0.39, 0.29) is 0 Å². The molecule has 0 spiro atoms. The van der Waals surface area contributed by atoms with Crippen LogP contribution in [0.2, 0.25) is 5.02 Å². The largest absolute Gasteiger partial charge is 0.378 e. The Morgan fingerprint density at radius 2 is 1.71 bits per heavy atom. The summed E-state index contributed by atoms with van der Waals surface area (Å²) in [4.78, 5) is 2.13. The molecule has 0 bridgehead atoms. The van der Waals surface area contributed by atoms with Crippen molar-refractivity contribution in [2.24, 2.45) is 0 Å². The molecule has 3 aromatic rings. The van der Waals surface area contributed by atoms with Crippen molar-refractivity contribution >= 4 is 28.2 Å². The number of anilines is 1. The second-order valence-electron chi connectivity index (χ2n) is 5.64. The molecular formula is C18H19ClN2. The molecule has 0 amide bonds. The third-order valence-electron chi connectivity index (χ3n) is 3.86. The molecule has 2 aromatic carbocycles. The molecular weight excluding hydrogens is 280 g/mol. The molecule has 21 heavy (non-hydrogen) atoms. The number of hydrogen-bond donors (Lipinski definition) is 0. The minimum atomic E-state index is 0.781. The van der Waals surface area contributed by atoms with Crippen LogP contribution in [-0.4, -0.2) is 18.7 Å². The summed E-state index contributed by atoms with van der Waals surface area (Å²) in [6.45, 7) is 3.03. The van der Waals surface area contributed by atoms with E-state index in [4.69, 9.17) is 11.6 Å². The van der Waals surface area contributed by atoms with Crippen LogP contribution in [0, 0.1) is 6.92 Å². The molecule has 0 aliphatic heterocycles. The second-order valence-corrected chi connectivity index (χ2v) is 6.07. The van der Waals surface area contributed by atoms with Gasteiger partial charge in [0, 0.05) is 47.9 Å². The van der Waals surface area contributed by atoms with E-state index in [9.17, 15) is 0 Å². The Hall–Kier alpha value is -1.93. The molecule has 0 aliphatic carbocycles. The van der Waals surface area contributed by atoms with Crippen LogP contribution in [0.1, 0.15) is 11.3 Å². The summed E-state index contributed by atoms with van der Waals surface area (Å²) in [5, 5.41) is 2.07. The summed E-state index contributed by atoms with van der Waals surface area (Å²) in [7, 11) is 4.14. The number of aryl methyl sites for hydroxylation is 1. The van der Waals surface area contributed by atoms with E-state index in [0.29, 0.717) is 0 Å². The maximum Gasteiger partial charge on any atom is 0.0487 e. The van der Waals surface area contributed by atoms with Crippen LogP contribution in [0.25, 0.3) is 10.9 Å². The number of rotatable bonds is 3. The first kappa shape index (κ1) is 14.0. The molecule has 1 aromatic heterocycles. The van der Waals surface area contributed by atoms with E-state index in [1.165, 1.54) is 27.8 Å². The van der Waals surface area contributed by atoms with Gasteiger partial charge < -0.3 is 9.47 Å². The number of nitrogens with zero attached hydrogens (tertiary/aromatic N) is 2. The Balaban J connectivity index is 2.02. The van der Waals surface area contributed by atoms with Crippen LogP contribution in [0.15, 0.2) is 48.5 Å². The first-order valence-electron chi connectivity index (χ1n) is 7.06. The molecule has 0 unspecified atom stereocenters. The quantitative estimate of drug-likeness (QED) is 0.679. The fourth-order valence-corrected chi connectivity index (χ4v) is 2.78. The molecule has 0 saturated heterocycles. The molecule has 0 N–H and O–H groups in total. The number of aromatic nitrogens is 1. The number of fused-ring (bicyclic) bond motifs is 1. The van der Waals surface area contributed by atoms with Crippen LogP contribution in [0.5, 0.6) is 0 Å². The van der Waals surface area contributed by atoms with Gasteiger partial charge in [0.15, 0.2) is 0 Å². The molecule has 0 radical (unpaired) electrons. The first-order valence-corrected chi connectivity index (χ1v) is 7.44. The number of hydrogen-bond acceptors (Lipinski definition) is 1. The van der Waals surface area contributed by atoms with Crippen molar-refractivity contribution in [3.63, 3.8) is 0 Å². The summed E-state index contributed by atoms with van der Waals surface area (Å²) in [5.41, 5.74) is 5.03. The van der Waals surface area contributed by atoms with E-state index in [0.717, 1.165) is 11.6 Å². The number of halogens is 1. The Kier molecular flexibility index (Phi) is 3.64. The monoisotopic (exact) mass is 298 g/mol. The van der Waals surface area contributed by atoms with Crippen molar-refractivity contribution in [2.45, 2.75) is 13.5 Å². The van der Waals surface area contributed by atoms with Gasteiger partial charge in [-0.25, -0.2) is 0 Å². The topological polar surface area (TPSA) is 8.17 Å². The minimum absolute atomic E-state index is 0.781. The normalized spacial score (nSPS) is 11.0. The fraction of sp³-hybridized carbons (Fsp3) is 0.222. The summed E-state index contributed by atoms with van der Waals surface area (Å²) in [5.74, 6) is 0. The molecule has 3 rings (SSSR count). The lowest BCUT2D eigenvalue weighted by molar-refractivity contribution is 0.805. The third kappa shape index (κ3) is 2.77. The Morgan fingerprint density at radius 3 is 2.38 bits per heavy atom. The summed E-state index contributed by atoms with van der Waals surface area (Å²) < 4.78 is 2.35. The van der Waals surface area contributed by atoms with Gasteiger partial charge in [0.25, 0.3) is 0 Å². The van der Waals surface area contributed by atoms with E-state index >= 15 is 0 Å². The highest BCUT2D eigenvalue weighted by atomic mass is 35.5. The Morgan fingerprint density at radius 1 is 1.00 bits per heavy atom. The van der Waals surface area contributed by atoms with Crippen LogP contribution < -0.4 is 4.90 Å². The van der Waals surface area contributed by atoms with Gasteiger partial charge in [0.2, 0.25) is 0 Å². The van der Waals surface area contributed by atoms with Crippen LogP contribution >= 0.6 is 11.6 Å². The minimum Gasteiger partial charge on any atom is -0.378 e. The average molecular weight is 299 g/mol. The lowest BCUT2D eigenvalue weighted by atomic mass is 10.2. The molecule has 0 atom stereocenters. The summed E-state index contributed by atoms with van der Waals surface area (Å²) in [6.07, 6.45) is 0. The van der Waals surface area contributed by atoms with Gasteiger partial charge >= 0.3 is 0 Å². The zero-order chi connectivity index (χ0) is 15.0. The maximum atomic E-state index is 5.96. The highest BCUT2D eigenvalue weighted by molar-refractivity contribution is 6.30. The molecule has 1 heterocycles. The van der Waals surface area contributed by atoms with Crippen molar-refractivity contribution in [3.8, 4) is 0 Å². The fourth-order valence-electron chi connectivity index (χ4n) is 2.66. The lowest BCUT2D eigenvalue weighted by Crippen LogP contribution is -2.08. The van der Waals surface area contributed by atoms with Gasteiger partial charge in [0.1, 0.15) is 0 Å². The maximum absolute atomic E-state index is 5.96. The smallest absolute Gasteiger partial charge is 0.0487 e. The van der Waals surface area contributed by atoms with Gasteiger partial charge in [-0.2, -0.15) is 0 Å². The van der Waals surface area contributed by atoms with Gasteiger partial charge in [-0.1, -0.05) is 23.7 Å². The van der Waals surface area contributed by atoms with Gasteiger partial charge in [-0.15, -0.1) is 0 Å². The second kappa shape index (κ2) is 5.45. The van der Waals surface area contributed by atoms with Crippen molar-refractivity contribution in [1.29, 1.82) is 0 Å². The van der Waals surface area contributed by atoms with E-state index in [2.05, 4.69) is 66.9 Å². The molecule has 108 valence electrons. The zero-order valence-electron chi connectivity index (χ0n) is 12.6. The molecule has 0 aliphatic rings. The standard InChI is InChI=1S/C18H19ClN2/c1-13-10-15-11-17(20(2)3)8-9-18(15)21(13)12-14-4-6-16(19)7-5-14/h4-11H,12H2,1-3H3. The predicted molar refractivity (Wildman–Crippen MR) is 91.6 cm³/mol. The first-order chi connectivity index (χ1) is 10.0. The Bertz CT molecular complexity index is 770. The average Bonchev–Trinajstić information content (AvgIpc) is 2.76. The molecule has 2 nitrogen and oxygen atoms in total. The third-order valence-corrected chi connectivity index (χ3v) is 4.11. The van der Waals surface area contributed by atoms with E-state index in [1.54, 1.807) is 0 Å². The predicted octanol–water partition coefficient (Wildman–Crippen LogP) is 4.72.